The van der Waals surface area contributed by atoms with Gasteiger partial charge >= 0.3 is 5.97 Å². The highest BCUT2D eigenvalue weighted by atomic mass is 16.7. The number of carbonyl (C=O) groups is 1. The summed E-state index contributed by atoms with van der Waals surface area (Å²) < 4.78 is 16.3. The van der Waals surface area contributed by atoms with Crippen LogP contribution in [0.4, 0.5) is 0 Å². The van der Waals surface area contributed by atoms with Gasteiger partial charge in [0.15, 0.2) is 12.4 Å². The van der Waals surface area contributed by atoms with Gasteiger partial charge in [-0.2, -0.15) is 0 Å². The number of carboxylic acids is 1. The molecule has 1 saturated heterocycles. The smallest absolute Gasteiger partial charge is 0.335 e. The van der Waals surface area contributed by atoms with E-state index < -0.39 is 60.4 Å². The van der Waals surface area contributed by atoms with Crippen LogP contribution in [0, 0.1) is 5.92 Å². The van der Waals surface area contributed by atoms with Crippen LogP contribution in [0.15, 0.2) is 0 Å². The van der Waals surface area contributed by atoms with Crippen LogP contribution in [0.3, 0.4) is 0 Å². The number of hydrogen-bond acceptors (Lipinski definition) is 8. The molecule has 8 atom stereocenters. The average Bonchev–Trinajstić information content (AvgIpc) is 3.14. The van der Waals surface area contributed by atoms with Gasteiger partial charge in [0.1, 0.15) is 18.3 Å². The summed E-state index contributed by atoms with van der Waals surface area (Å²) in [7, 11) is 0. The van der Waals surface area contributed by atoms with E-state index in [9.17, 15) is 25.2 Å². The summed E-state index contributed by atoms with van der Waals surface area (Å²) in [5.74, 6) is -1.88. The zero-order valence-electron chi connectivity index (χ0n) is 13.9. The predicted molar refractivity (Wildman–Crippen MR) is 79.0 cm³/mol. The zero-order valence-corrected chi connectivity index (χ0v) is 13.9. The van der Waals surface area contributed by atoms with E-state index in [2.05, 4.69) is 0 Å². The lowest BCUT2D eigenvalue weighted by Gasteiger charge is -2.43. The fraction of sp³-hybridized carbons (Fsp3) is 0.933. The van der Waals surface area contributed by atoms with E-state index in [-0.39, 0.29) is 6.61 Å². The molecule has 0 radical (unpaired) electrons. The molecule has 2 fully saturated rings. The first-order valence-electron chi connectivity index (χ1n) is 7.99. The van der Waals surface area contributed by atoms with E-state index in [0.717, 1.165) is 0 Å². The average molecular weight is 350 g/mol. The van der Waals surface area contributed by atoms with Gasteiger partial charge in [-0.1, -0.05) is 6.92 Å². The van der Waals surface area contributed by atoms with Gasteiger partial charge in [-0.05, 0) is 20.3 Å². The fourth-order valence-electron chi connectivity index (χ4n) is 2.60. The van der Waals surface area contributed by atoms with Crippen LogP contribution >= 0.6 is 0 Å². The highest BCUT2D eigenvalue weighted by Crippen LogP contribution is 2.37. The Kier molecular flexibility index (Phi) is 5.86. The first-order valence-corrected chi connectivity index (χ1v) is 7.99. The minimum Gasteiger partial charge on any atom is -0.479 e. The Morgan fingerprint density at radius 3 is 2.21 bits per heavy atom. The molecule has 8 unspecified atom stereocenters. The minimum absolute atomic E-state index is 0.310. The maximum absolute atomic E-state index is 11.5. The Labute approximate surface area is 139 Å². The van der Waals surface area contributed by atoms with Gasteiger partial charge in [0.25, 0.3) is 0 Å². The Hall–Kier alpha value is -0.810. The van der Waals surface area contributed by atoms with Gasteiger partial charge in [-0.25, -0.2) is 4.79 Å². The lowest BCUT2D eigenvalue weighted by atomic mass is 9.96. The fourth-order valence-corrected chi connectivity index (χ4v) is 2.60. The van der Waals surface area contributed by atoms with Crippen LogP contribution < -0.4 is 0 Å². The van der Waals surface area contributed by atoms with Crippen LogP contribution in [-0.4, -0.2) is 86.6 Å². The topological polar surface area (TPSA) is 146 Å². The lowest BCUT2D eigenvalue weighted by Crippen LogP contribution is -2.62. The molecule has 0 aromatic carbocycles. The van der Waals surface area contributed by atoms with Gasteiger partial charge in [0, 0.05) is 5.92 Å². The van der Waals surface area contributed by atoms with E-state index in [1.807, 2.05) is 6.92 Å². The zero-order chi connectivity index (χ0) is 18.2. The van der Waals surface area contributed by atoms with E-state index in [1.165, 1.54) is 0 Å². The molecule has 140 valence electrons. The van der Waals surface area contributed by atoms with E-state index >= 15 is 0 Å². The van der Waals surface area contributed by atoms with Crippen LogP contribution in [0.1, 0.15) is 27.2 Å². The van der Waals surface area contributed by atoms with Gasteiger partial charge in [0.2, 0.25) is 0 Å². The minimum atomic E-state index is -1.55. The standard InChI is InChI=1S/C15H26O9/c1-4-15(2,3)24-11-8(18)9(19)14(23-12(11)13(20)21)22-10-6(5-16)7(10)17/h6-12,14,16-19H,4-5H2,1-3H3,(H,20,21). The number of aliphatic carboxylic acids is 1. The second-order valence-corrected chi connectivity index (χ2v) is 6.88. The summed E-state index contributed by atoms with van der Waals surface area (Å²) in [6.07, 6.45) is -8.48. The second-order valence-electron chi connectivity index (χ2n) is 6.88. The van der Waals surface area contributed by atoms with Gasteiger partial charge in [-0.3, -0.25) is 0 Å². The SMILES string of the molecule is CCC(C)(C)OC1C(C(=O)O)OC(OC2C(O)C2CO)C(O)C1O. The summed E-state index contributed by atoms with van der Waals surface area (Å²) in [5, 5.41) is 48.4. The molecule has 1 aliphatic heterocycles. The maximum atomic E-state index is 11.5. The summed E-state index contributed by atoms with van der Waals surface area (Å²) in [5.41, 5.74) is -0.717. The van der Waals surface area contributed by atoms with Crippen molar-refractivity contribution in [3.8, 4) is 0 Å². The number of aliphatic hydroxyl groups excluding tert-OH is 4. The van der Waals surface area contributed by atoms with Crippen molar-refractivity contribution in [1.29, 1.82) is 0 Å². The number of hydrogen-bond donors (Lipinski definition) is 5. The van der Waals surface area contributed by atoms with Crippen molar-refractivity contribution in [3.63, 3.8) is 0 Å². The predicted octanol–water partition coefficient (Wildman–Crippen LogP) is -1.54. The van der Waals surface area contributed by atoms with Crippen molar-refractivity contribution < 1.29 is 44.5 Å². The first-order chi connectivity index (χ1) is 11.1. The molecule has 2 aliphatic rings. The summed E-state index contributed by atoms with van der Waals surface area (Å²) in [6.45, 7) is 5.01. The molecule has 1 saturated carbocycles. The van der Waals surface area contributed by atoms with Crippen molar-refractivity contribution in [2.45, 2.75) is 75.7 Å². The van der Waals surface area contributed by atoms with E-state index in [0.29, 0.717) is 6.42 Å². The molecular weight excluding hydrogens is 324 g/mol. The Bertz CT molecular complexity index is 454. The molecule has 9 heteroatoms. The Morgan fingerprint density at radius 2 is 1.75 bits per heavy atom. The normalized spacial score (nSPS) is 42.8. The number of carboxylic acid groups (broad SMARTS) is 1. The number of ether oxygens (including phenoxy) is 3. The Balaban J connectivity index is 2.10. The number of aliphatic hydroxyl groups is 4. The lowest BCUT2D eigenvalue weighted by molar-refractivity contribution is -0.315. The summed E-state index contributed by atoms with van der Waals surface area (Å²) >= 11 is 0. The van der Waals surface area contributed by atoms with Gasteiger partial charge in [-0.15, -0.1) is 0 Å². The monoisotopic (exact) mass is 350 g/mol. The van der Waals surface area contributed by atoms with Gasteiger partial charge < -0.3 is 39.7 Å². The van der Waals surface area contributed by atoms with Crippen molar-refractivity contribution in [3.05, 3.63) is 0 Å². The molecule has 24 heavy (non-hydrogen) atoms. The van der Waals surface area contributed by atoms with E-state index in [1.54, 1.807) is 13.8 Å². The van der Waals surface area contributed by atoms with Crippen molar-refractivity contribution in [2.24, 2.45) is 5.92 Å². The van der Waals surface area contributed by atoms with Crippen LogP contribution in [0.2, 0.25) is 0 Å². The summed E-state index contributed by atoms with van der Waals surface area (Å²) in [4.78, 5) is 11.5. The third kappa shape index (κ3) is 3.88. The first kappa shape index (κ1) is 19.5. The van der Waals surface area contributed by atoms with Crippen LogP contribution in [0.5, 0.6) is 0 Å². The highest BCUT2D eigenvalue weighted by molar-refractivity contribution is 5.73. The Morgan fingerprint density at radius 1 is 1.12 bits per heavy atom. The molecule has 0 aromatic heterocycles. The summed E-state index contributed by atoms with van der Waals surface area (Å²) in [6, 6.07) is 0. The third-order valence-corrected chi connectivity index (χ3v) is 4.65. The molecule has 0 aromatic rings. The van der Waals surface area contributed by atoms with Crippen molar-refractivity contribution in [2.75, 3.05) is 6.61 Å². The molecule has 0 bridgehead atoms. The maximum Gasteiger partial charge on any atom is 0.335 e. The third-order valence-electron chi connectivity index (χ3n) is 4.65. The van der Waals surface area contributed by atoms with Gasteiger partial charge in [0.05, 0.1) is 24.4 Å². The molecular formula is C15H26O9. The van der Waals surface area contributed by atoms with Crippen molar-refractivity contribution in [1.82, 2.24) is 0 Å². The molecule has 0 amide bonds. The van der Waals surface area contributed by atoms with Crippen molar-refractivity contribution >= 4 is 5.97 Å². The quantitative estimate of drug-likeness (QED) is 0.368. The molecule has 0 spiro atoms. The second kappa shape index (κ2) is 7.20. The van der Waals surface area contributed by atoms with Crippen LogP contribution in [-0.2, 0) is 19.0 Å². The largest absolute Gasteiger partial charge is 0.479 e. The highest BCUT2D eigenvalue weighted by Gasteiger charge is 2.56. The molecule has 9 nitrogen and oxygen atoms in total. The molecule has 2 rings (SSSR count). The van der Waals surface area contributed by atoms with Crippen LogP contribution in [0.25, 0.3) is 0 Å². The number of rotatable bonds is 7. The molecule has 1 aliphatic carbocycles. The molecule has 1 heterocycles. The molecule has 5 N–H and O–H groups in total. The van der Waals surface area contributed by atoms with E-state index in [4.69, 9.17) is 19.3 Å².